The Bertz CT molecular complexity index is 133. The molecule has 0 aromatic rings. The van der Waals surface area contributed by atoms with Gasteiger partial charge in [-0.25, -0.2) is 0 Å². The first kappa shape index (κ1) is 10.7. The third kappa shape index (κ3) is 6.15. The molecule has 0 aliphatic heterocycles. The molecule has 0 amide bonds. The monoisotopic (exact) mass is 152 g/mol. The maximum Gasteiger partial charge on any atom is 0.120 e. The first-order chi connectivity index (χ1) is 4.77. The smallest absolute Gasteiger partial charge is 0.120 e. The summed E-state index contributed by atoms with van der Waals surface area (Å²) in [6, 6.07) is 0. The second kappa shape index (κ2) is 3.42. The molecule has 2 radical (unpaired) electrons. The Labute approximate surface area is 71.0 Å². The predicted molar refractivity (Wildman–Crippen MR) is 48.9 cm³/mol. The minimum Gasteiger partial charge on any atom is -0.303 e. The molecule has 0 spiro atoms. The number of carbonyl (C=O) groups is 1. The van der Waals surface area contributed by atoms with E-state index in [4.69, 9.17) is 7.85 Å². The first-order valence-corrected chi connectivity index (χ1v) is 3.99. The van der Waals surface area contributed by atoms with Gasteiger partial charge in [-0.1, -0.05) is 39.4 Å². The maximum absolute atomic E-state index is 10.3. The summed E-state index contributed by atoms with van der Waals surface area (Å²) in [5.74, 6) is 0. The molecule has 0 fully saturated rings. The van der Waals surface area contributed by atoms with Gasteiger partial charge >= 0.3 is 0 Å². The molecule has 0 atom stereocenters. The summed E-state index contributed by atoms with van der Waals surface area (Å²) in [6.07, 6.45) is 2.43. The molecule has 0 heterocycles. The Morgan fingerprint density at radius 2 is 1.73 bits per heavy atom. The van der Waals surface area contributed by atoms with Crippen LogP contribution in [-0.2, 0) is 4.79 Å². The fourth-order valence-electron chi connectivity index (χ4n) is 1.53. The zero-order valence-electron chi connectivity index (χ0n) is 7.98. The van der Waals surface area contributed by atoms with Gasteiger partial charge in [0.05, 0.1) is 7.85 Å². The summed E-state index contributed by atoms with van der Waals surface area (Å²) in [4.78, 5) is 10.3. The number of aldehydes is 1. The van der Waals surface area contributed by atoms with Crippen molar-refractivity contribution < 1.29 is 4.79 Å². The van der Waals surface area contributed by atoms with E-state index >= 15 is 0 Å². The second-order valence-electron chi connectivity index (χ2n) is 4.70. The van der Waals surface area contributed by atoms with Gasteiger partial charge in [-0.15, -0.1) is 0 Å². The third-order valence-electron chi connectivity index (χ3n) is 1.57. The molecule has 2 heteroatoms. The molecule has 62 valence electrons. The van der Waals surface area contributed by atoms with Crippen molar-refractivity contribution in [3.05, 3.63) is 0 Å². The Morgan fingerprint density at radius 1 is 1.27 bits per heavy atom. The van der Waals surface area contributed by atoms with Crippen LogP contribution in [0, 0.1) is 5.41 Å². The highest BCUT2D eigenvalue weighted by Gasteiger charge is 2.24. The number of rotatable bonds is 4. The number of carbonyl (C=O) groups excluding carboxylic acids is 1. The predicted octanol–water partition coefficient (Wildman–Crippen LogP) is 2.36. The van der Waals surface area contributed by atoms with Crippen LogP contribution in [0.25, 0.3) is 0 Å². The van der Waals surface area contributed by atoms with E-state index < -0.39 is 0 Å². The lowest BCUT2D eigenvalue weighted by atomic mass is 9.63. The van der Waals surface area contributed by atoms with Crippen LogP contribution in [0.3, 0.4) is 0 Å². The van der Waals surface area contributed by atoms with Gasteiger partial charge in [0.15, 0.2) is 0 Å². The van der Waals surface area contributed by atoms with E-state index in [0.717, 1.165) is 12.7 Å². The lowest BCUT2D eigenvalue weighted by Crippen LogP contribution is -2.19. The summed E-state index contributed by atoms with van der Waals surface area (Å²) < 4.78 is 0. The average Bonchev–Trinajstić information content (AvgIpc) is 1.55. The van der Waals surface area contributed by atoms with Gasteiger partial charge < -0.3 is 4.79 Å². The van der Waals surface area contributed by atoms with Crippen molar-refractivity contribution in [1.29, 1.82) is 0 Å². The molecule has 1 nitrogen and oxygen atoms in total. The van der Waals surface area contributed by atoms with E-state index in [-0.39, 0.29) is 10.7 Å². The van der Waals surface area contributed by atoms with E-state index in [2.05, 4.69) is 13.8 Å². The zero-order chi connectivity index (χ0) is 9.12. The molecule has 0 rings (SSSR count). The first-order valence-electron chi connectivity index (χ1n) is 3.99. The number of hydrogen-bond donors (Lipinski definition) is 0. The van der Waals surface area contributed by atoms with Crippen molar-refractivity contribution in [2.24, 2.45) is 5.41 Å². The largest absolute Gasteiger partial charge is 0.303 e. The lowest BCUT2D eigenvalue weighted by molar-refractivity contribution is -0.109. The molecular formula is C9H17BO. The van der Waals surface area contributed by atoms with Crippen molar-refractivity contribution in [2.75, 3.05) is 0 Å². The molecule has 11 heavy (non-hydrogen) atoms. The molecule has 0 unspecified atom stereocenters. The van der Waals surface area contributed by atoms with Crippen molar-refractivity contribution >= 4 is 14.1 Å². The van der Waals surface area contributed by atoms with Crippen LogP contribution in [0.2, 0.25) is 5.31 Å². The van der Waals surface area contributed by atoms with Crippen molar-refractivity contribution in [1.82, 2.24) is 0 Å². The molecule has 0 aromatic carbocycles. The molecule has 0 saturated carbocycles. The highest BCUT2D eigenvalue weighted by atomic mass is 16.1. The van der Waals surface area contributed by atoms with E-state index in [1.807, 2.05) is 13.8 Å². The van der Waals surface area contributed by atoms with Gasteiger partial charge in [0.1, 0.15) is 6.29 Å². The standard InChI is InChI=1S/C9H17BO/c1-8(2,5-6-11)7-9(3,4)10/h6H,5,7H2,1-4H3. The van der Waals surface area contributed by atoms with Crippen molar-refractivity contribution in [2.45, 2.75) is 45.9 Å². The Morgan fingerprint density at radius 3 is 2.00 bits per heavy atom. The lowest BCUT2D eigenvalue weighted by Gasteiger charge is -2.31. The summed E-state index contributed by atoms with van der Waals surface area (Å²) in [6.45, 7) is 8.10. The second-order valence-corrected chi connectivity index (χ2v) is 4.70. The van der Waals surface area contributed by atoms with E-state index in [0.29, 0.717) is 6.42 Å². The Hall–Kier alpha value is -0.265. The molecule has 0 saturated heterocycles. The summed E-state index contributed by atoms with van der Waals surface area (Å²) in [5, 5.41) is -0.174. The van der Waals surface area contributed by atoms with Crippen LogP contribution in [0.15, 0.2) is 0 Å². The van der Waals surface area contributed by atoms with Crippen LogP contribution >= 0.6 is 0 Å². The molecule has 0 bridgehead atoms. The highest BCUT2D eigenvalue weighted by molar-refractivity contribution is 6.14. The van der Waals surface area contributed by atoms with Crippen LogP contribution in [0.1, 0.15) is 40.5 Å². The zero-order valence-corrected chi connectivity index (χ0v) is 7.98. The molecule has 0 aliphatic rings. The van der Waals surface area contributed by atoms with E-state index in [9.17, 15) is 4.79 Å². The summed E-state index contributed by atoms with van der Waals surface area (Å²) in [5.41, 5.74) is 0.0417. The fourth-order valence-corrected chi connectivity index (χ4v) is 1.53. The van der Waals surface area contributed by atoms with Gasteiger partial charge in [-0.3, -0.25) is 0 Å². The van der Waals surface area contributed by atoms with Crippen molar-refractivity contribution in [3.8, 4) is 0 Å². The van der Waals surface area contributed by atoms with Crippen LogP contribution in [0.4, 0.5) is 0 Å². The molecular weight excluding hydrogens is 135 g/mol. The Balaban J connectivity index is 4.00. The number of hydrogen-bond acceptors (Lipinski definition) is 1. The van der Waals surface area contributed by atoms with E-state index in [1.165, 1.54) is 0 Å². The molecule has 0 N–H and O–H groups in total. The highest BCUT2D eigenvalue weighted by Crippen LogP contribution is 2.37. The normalized spacial score (nSPS) is 13.1. The van der Waals surface area contributed by atoms with Gasteiger partial charge in [-0.05, 0) is 5.41 Å². The minimum atomic E-state index is -0.174. The van der Waals surface area contributed by atoms with Crippen LogP contribution < -0.4 is 0 Å². The minimum absolute atomic E-state index is 0.0417. The SMILES string of the molecule is [B]C(C)(C)CC(C)(C)CC=O. The van der Waals surface area contributed by atoms with Gasteiger partial charge in [-0.2, -0.15) is 0 Å². The molecule has 0 aromatic heterocycles. The van der Waals surface area contributed by atoms with E-state index in [1.54, 1.807) is 0 Å². The van der Waals surface area contributed by atoms with Gasteiger partial charge in [0, 0.05) is 6.42 Å². The van der Waals surface area contributed by atoms with Gasteiger partial charge in [0.2, 0.25) is 0 Å². The average molecular weight is 152 g/mol. The van der Waals surface area contributed by atoms with Crippen molar-refractivity contribution in [3.63, 3.8) is 0 Å². The topological polar surface area (TPSA) is 17.1 Å². The van der Waals surface area contributed by atoms with Gasteiger partial charge in [0.25, 0.3) is 0 Å². The summed E-state index contributed by atoms with van der Waals surface area (Å²) in [7, 11) is 5.84. The quantitative estimate of drug-likeness (QED) is 0.446. The maximum atomic E-state index is 10.3. The Kier molecular flexibility index (Phi) is 3.34. The fraction of sp³-hybridized carbons (Fsp3) is 0.889. The van der Waals surface area contributed by atoms with Crippen LogP contribution in [0.5, 0.6) is 0 Å². The third-order valence-corrected chi connectivity index (χ3v) is 1.57. The van der Waals surface area contributed by atoms with Crippen LogP contribution in [-0.4, -0.2) is 14.1 Å². The summed E-state index contributed by atoms with van der Waals surface area (Å²) >= 11 is 0. The molecule has 0 aliphatic carbocycles.